The van der Waals surface area contributed by atoms with Crippen LogP contribution in [-0.4, -0.2) is 75.7 Å². The molecule has 39 heavy (non-hydrogen) atoms. The van der Waals surface area contributed by atoms with Gasteiger partial charge in [-0.25, -0.2) is 0 Å². The molecule has 222 valence electrons. The van der Waals surface area contributed by atoms with E-state index < -0.39 is 18.2 Å². The Morgan fingerprint density at radius 2 is 1.72 bits per heavy atom. The number of para-hydroxylation sites is 1. The Morgan fingerprint density at radius 1 is 1.03 bits per heavy atom. The lowest BCUT2D eigenvalue weighted by Gasteiger charge is -2.30. The number of methoxy groups -OCH3 is 2. The number of carbonyl (C=O) groups is 2. The summed E-state index contributed by atoms with van der Waals surface area (Å²) in [5, 5.41) is 16.6. The van der Waals surface area contributed by atoms with Crippen LogP contribution < -0.4 is 21.1 Å². The van der Waals surface area contributed by atoms with E-state index in [2.05, 4.69) is 24.5 Å². The second-order valence-electron chi connectivity index (χ2n) is 11.0. The summed E-state index contributed by atoms with van der Waals surface area (Å²) in [4.78, 5) is 25.7. The Hall–Kier alpha value is -2.20. The van der Waals surface area contributed by atoms with Crippen LogP contribution in [0.2, 0.25) is 0 Å². The minimum Gasteiger partial charge on any atom is -0.493 e. The normalized spacial score (nSPS) is 17.3. The van der Waals surface area contributed by atoms with Gasteiger partial charge in [0.25, 0.3) is 5.91 Å². The molecule has 1 aromatic rings. The smallest absolute Gasteiger partial charge is 0.255 e. The first-order valence-corrected chi connectivity index (χ1v) is 14.5. The number of hydrogen-bond donors (Lipinski definition) is 4. The van der Waals surface area contributed by atoms with Crippen LogP contribution in [0.3, 0.4) is 0 Å². The molecule has 4 atom stereocenters. The fourth-order valence-corrected chi connectivity index (χ4v) is 5.14. The number of nitrogens with two attached hydrogens (primary N) is 1. The monoisotopic (exact) mass is 549 g/mol. The van der Waals surface area contributed by atoms with Gasteiger partial charge < -0.3 is 35.7 Å². The van der Waals surface area contributed by atoms with Gasteiger partial charge in [0.05, 0.1) is 18.3 Å². The fraction of sp³-hybridized carbons (Fsp3) is 0.733. The number of aliphatic hydroxyl groups is 1. The van der Waals surface area contributed by atoms with Crippen LogP contribution in [0.15, 0.2) is 24.3 Å². The first kappa shape index (κ1) is 33.0. The van der Waals surface area contributed by atoms with Crippen molar-refractivity contribution in [1.29, 1.82) is 0 Å². The van der Waals surface area contributed by atoms with E-state index in [9.17, 15) is 14.7 Å². The number of aliphatic hydroxyl groups excluding tert-OH is 1. The Labute approximate surface area is 234 Å². The predicted molar refractivity (Wildman–Crippen MR) is 153 cm³/mol. The maximum absolute atomic E-state index is 13.0. The van der Waals surface area contributed by atoms with Crippen molar-refractivity contribution in [2.75, 3.05) is 40.5 Å². The molecule has 2 amide bonds. The molecule has 9 heteroatoms. The number of benzene rings is 1. The summed E-state index contributed by atoms with van der Waals surface area (Å²) in [7, 11) is 3.24. The molecule has 0 aliphatic heterocycles. The lowest BCUT2D eigenvalue weighted by Crippen LogP contribution is -2.49. The zero-order valence-electron chi connectivity index (χ0n) is 24.3. The summed E-state index contributed by atoms with van der Waals surface area (Å²) >= 11 is 0. The Balaban J connectivity index is 1.84. The molecule has 0 saturated heterocycles. The molecule has 1 aromatic carbocycles. The minimum atomic E-state index is -0.901. The van der Waals surface area contributed by atoms with Gasteiger partial charge in [0.1, 0.15) is 11.9 Å². The van der Waals surface area contributed by atoms with Crippen LogP contribution in [0, 0.1) is 17.8 Å². The molecule has 1 fully saturated rings. The van der Waals surface area contributed by atoms with Gasteiger partial charge in [0.15, 0.2) is 0 Å². The summed E-state index contributed by atoms with van der Waals surface area (Å²) in [5.74, 6) is 0.652. The third-order valence-corrected chi connectivity index (χ3v) is 7.74. The number of ether oxygens (including phenoxy) is 3. The van der Waals surface area contributed by atoms with Crippen molar-refractivity contribution < 1.29 is 28.9 Å². The highest BCUT2D eigenvalue weighted by Gasteiger charge is 2.30. The molecule has 0 bridgehead atoms. The van der Waals surface area contributed by atoms with Crippen LogP contribution in [0.5, 0.6) is 5.75 Å². The first-order chi connectivity index (χ1) is 18.8. The van der Waals surface area contributed by atoms with Crippen molar-refractivity contribution in [2.45, 2.75) is 83.5 Å². The largest absolute Gasteiger partial charge is 0.493 e. The van der Waals surface area contributed by atoms with Gasteiger partial charge in [0.2, 0.25) is 5.91 Å². The van der Waals surface area contributed by atoms with Crippen molar-refractivity contribution in [3.63, 3.8) is 0 Å². The van der Waals surface area contributed by atoms with Gasteiger partial charge in [-0.15, -0.1) is 0 Å². The van der Waals surface area contributed by atoms with Crippen molar-refractivity contribution >= 4 is 11.8 Å². The van der Waals surface area contributed by atoms with Crippen LogP contribution in [0.25, 0.3) is 0 Å². The van der Waals surface area contributed by atoms with Crippen LogP contribution in [0.4, 0.5) is 0 Å². The highest BCUT2D eigenvalue weighted by atomic mass is 16.5. The van der Waals surface area contributed by atoms with Crippen molar-refractivity contribution in [2.24, 2.45) is 23.5 Å². The first-order valence-electron chi connectivity index (χ1n) is 14.5. The Morgan fingerprint density at radius 3 is 2.38 bits per heavy atom. The Kier molecular flexibility index (Phi) is 15.4. The van der Waals surface area contributed by atoms with E-state index >= 15 is 0 Å². The van der Waals surface area contributed by atoms with E-state index in [1.807, 2.05) is 12.1 Å². The third-order valence-electron chi connectivity index (χ3n) is 7.74. The molecule has 0 spiro atoms. The molecular formula is C30H51N3O6. The summed E-state index contributed by atoms with van der Waals surface area (Å²) < 4.78 is 16.4. The quantitative estimate of drug-likeness (QED) is 0.207. The van der Waals surface area contributed by atoms with E-state index in [0.29, 0.717) is 37.5 Å². The van der Waals surface area contributed by atoms with Crippen molar-refractivity contribution in [1.82, 2.24) is 10.6 Å². The number of hydrogen-bond acceptors (Lipinski definition) is 7. The standard InChI is InChI=1S/C30H51N3O6/c1-21(2)23(19-32-29(35)24-14-8-9-15-27(24)39-17-11-10-16-37-3)18-25(31)26(34)20-33-30(36)28(38-4)22-12-6-5-7-13-22/h8-9,14-15,21-23,25-26,28,34H,5-7,10-13,16-20,31H2,1-4H3,(H,32,35)(H,33,36). The third kappa shape index (κ3) is 11.4. The molecule has 2 rings (SSSR count). The fourth-order valence-electron chi connectivity index (χ4n) is 5.14. The van der Waals surface area contributed by atoms with Gasteiger partial charge in [0, 0.05) is 40.0 Å². The summed E-state index contributed by atoms with van der Waals surface area (Å²) in [6.07, 6.45) is 6.25. The minimum absolute atomic E-state index is 0.0467. The second-order valence-corrected chi connectivity index (χ2v) is 11.0. The zero-order chi connectivity index (χ0) is 28.6. The van der Waals surface area contributed by atoms with Crippen molar-refractivity contribution in [3.8, 4) is 5.75 Å². The molecule has 9 nitrogen and oxygen atoms in total. The van der Waals surface area contributed by atoms with E-state index in [4.69, 9.17) is 19.9 Å². The Bertz CT molecular complexity index is 846. The molecule has 0 aromatic heterocycles. The zero-order valence-corrected chi connectivity index (χ0v) is 24.3. The highest BCUT2D eigenvalue weighted by Crippen LogP contribution is 2.28. The SMILES string of the molecule is COCCCCOc1ccccc1C(=O)NCC(CC(N)C(O)CNC(=O)C(OC)C1CCCCC1)C(C)C. The van der Waals surface area contributed by atoms with Crippen molar-refractivity contribution in [3.05, 3.63) is 29.8 Å². The lowest BCUT2D eigenvalue weighted by atomic mass is 9.84. The molecule has 0 heterocycles. The van der Waals surface area contributed by atoms with Crippen LogP contribution in [0.1, 0.15) is 75.6 Å². The number of rotatable bonds is 18. The maximum Gasteiger partial charge on any atom is 0.255 e. The number of amides is 2. The van der Waals surface area contributed by atoms with E-state index in [-0.39, 0.29) is 36.1 Å². The van der Waals surface area contributed by atoms with Gasteiger partial charge in [-0.3, -0.25) is 9.59 Å². The molecule has 5 N–H and O–H groups in total. The topological polar surface area (TPSA) is 132 Å². The van der Waals surface area contributed by atoms with Gasteiger partial charge in [-0.2, -0.15) is 0 Å². The summed E-state index contributed by atoms with van der Waals surface area (Å²) in [6.45, 7) is 5.82. The van der Waals surface area contributed by atoms with Crippen LogP contribution >= 0.6 is 0 Å². The van der Waals surface area contributed by atoms with Gasteiger partial charge >= 0.3 is 0 Å². The van der Waals surface area contributed by atoms with E-state index in [1.165, 1.54) is 6.42 Å². The van der Waals surface area contributed by atoms with Gasteiger partial charge in [-0.05, 0) is 62.0 Å². The second kappa shape index (κ2) is 18.2. The average Bonchev–Trinajstić information content (AvgIpc) is 2.94. The average molecular weight is 550 g/mol. The van der Waals surface area contributed by atoms with Crippen LogP contribution in [-0.2, 0) is 14.3 Å². The highest BCUT2D eigenvalue weighted by molar-refractivity contribution is 5.96. The molecule has 0 radical (unpaired) electrons. The van der Waals surface area contributed by atoms with E-state index in [1.54, 1.807) is 26.4 Å². The lowest BCUT2D eigenvalue weighted by molar-refractivity contribution is -0.135. The number of nitrogens with one attached hydrogen (secondary N) is 2. The molecule has 1 saturated carbocycles. The molecule has 1 aliphatic rings. The summed E-state index contributed by atoms with van der Waals surface area (Å²) in [6, 6.07) is 6.67. The van der Waals surface area contributed by atoms with E-state index in [0.717, 1.165) is 38.5 Å². The van der Waals surface area contributed by atoms with Gasteiger partial charge in [-0.1, -0.05) is 45.2 Å². The molecule has 1 aliphatic carbocycles. The summed E-state index contributed by atoms with van der Waals surface area (Å²) in [5.41, 5.74) is 6.84. The number of carbonyl (C=O) groups excluding carboxylic acids is 2. The molecular weight excluding hydrogens is 498 g/mol. The maximum atomic E-state index is 13.0. The predicted octanol–water partition coefficient (Wildman–Crippen LogP) is 3.28. The number of unbranched alkanes of at least 4 members (excludes halogenated alkanes) is 1. The molecule has 4 unspecified atom stereocenters.